The minimum Gasteiger partial charge on any atom is -0.392 e. The number of hydrogen-bond donors (Lipinski definition) is 1. The highest BCUT2D eigenvalue weighted by Gasteiger charge is 2.32. The molecule has 17 heavy (non-hydrogen) atoms. The molecule has 1 aromatic carbocycles. The molecule has 0 aliphatic carbocycles. The number of aliphatic hydroxyl groups excluding tert-OH is 1. The molecule has 0 amide bonds. The van der Waals surface area contributed by atoms with Crippen LogP contribution in [0.4, 0.5) is 0 Å². The van der Waals surface area contributed by atoms with Crippen molar-refractivity contribution < 1.29 is 13.5 Å². The largest absolute Gasteiger partial charge is 0.392 e. The summed E-state index contributed by atoms with van der Waals surface area (Å²) in [7, 11) is -3.64. The number of halogens is 2. The van der Waals surface area contributed by atoms with Crippen LogP contribution in [0.5, 0.6) is 0 Å². The summed E-state index contributed by atoms with van der Waals surface area (Å²) in [5.41, 5.74) is 0. The second kappa shape index (κ2) is 4.74. The monoisotopic (exact) mass is 295 g/mol. The first-order valence-electron chi connectivity index (χ1n) is 5.04. The van der Waals surface area contributed by atoms with E-state index < -0.39 is 16.1 Å². The van der Waals surface area contributed by atoms with Gasteiger partial charge in [-0.3, -0.25) is 0 Å². The van der Waals surface area contributed by atoms with Crippen LogP contribution in [0.15, 0.2) is 23.1 Å². The van der Waals surface area contributed by atoms with Gasteiger partial charge in [-0.2, -0.15) is 4.31 Å². The Morgan fingerprint density at radius 2 is 2.06 bits per heavy atom. The van der Waals surface area contributed by atoms with Gasteiger partial charge >= 0.3 is 0 Å². The van der Waals surface area contributed by atoms with E-state index in [0.717, 1.165) is 0 Å². The van der Waals surface area contributed by atoms with E-state index in [2.05, 4.69) is 0 Å². The summed E-state index contributed by atoms with van der Waals surface area (Å²) in [6.45, 7) is 0.420. The highest BCUT2D eigenvalue weighted by Crippen LogP contribution is 2.29. The van der Waals surface area contributed by atoms with Gasteiger partial charge in [0.2, 0.25) is 10.0 Å². The Hall–Kier alpha value is -0.330. The molecule has 0 radical (unpaired) electrons. The quantitative estimate of drug-likeness (QED) is 0.904. The Balaban J connectivity index is 2.38. The molecule has 1 N–H and O–H groups in total. The molecule has 0 bridgehead atoms. The molecule has 94 valence electrons. The standard InChI is InChI=1S/C10H11Cl2NO3S/c11-7-1-2-10(9(12)5-7)17(15,16)13-4-3-8(14)6-13/h1-2,5,8,14H,3-4,6H2/t8-/m0/s1. The summed E-state index contributed by atoms with van der Waals surface area (Å²) in [5.74, 6) is 0. The van der Waals surface area contributed by atoms with Crippen LogP contribution >= 0.6 is 23.2 Å². The smallest absolute Gasteiger partial charge is 0.244 e. The van der Waals surface area contributed by atoms with E-state index in [1.807, 2.05) is 0 Å². The van der Waals surface area contributed by atoms with Crippen molar-refractivity contribution in [2.75, 3.05) is 13.1 Å². The maximum atomic E-state index is 12.2. The van der Waals surface area contributed by atoms with Crippen molar-refractivity contribution in [1.29, 1.82) is 0 Å². The Bertz CT molecular complexity index is 532. The lowest BCUT2D eigenvalue weighted by molar-refractivity contribution is 0.189. The number of rotatable bonds is 2. The average Bonchev–Trinajstić information content (AvgIpc) is 2.64. The molecular formula is C10H11Cl2NO3S. The molecule has 0 spiro atoms. The van der Waals surface area contributed by atoms with Crippen LogP contribution in [-0.2, 0) is 10.0 Å². The van der Waals surface area contributed by atoms with Crippen molar-refractivity contribution in [2.24, 2.45) is 0 Å². The Morgan fingerprint density at radius 3 is 2.59 bits per heavy atom. The predicted octanol–water partition coefficient (Wildman–Crippen LogP) is 1.75. The Kier molecular flexibility index (Phi) is 3.66. The lowest BCUT2D eigenvalue weighted by Crippen LogP contribution is -2.29. The van der Waals surface area contributed by atoms with Crippen LogP contribution in [0.1, 0.15) is 6.42 Å². The van der Waals surface area contributed by atoms with Crippen LogP contribution in [0.3, 0.4) is 0 Å². The third-order valence-corrected chi connectivity index (χ3v) is 5.22. The van der Waals surface area contributed by atoms with Crippen LogP contribution in [-0.4, -0.2) is 37.0 Å². The maximum Gasteiger partial charge on any atom is 0.244 e. The maximum absolute atomic E-state index is 12.2. The number of hydrogen-bond acceptors (Lipinski definition) is 3. The number of aliphatic hydroxyl groups is 1. The fraction of sp³-hybridized carbons (Fsp3) is 0.400. The van der Waals surface area contributed by atoms with Gasteiger partial charge in [-0.15, -0.1) is 0 Å². The Labute approximate surface area is 110 Å². The van der Waals surface area contributed by atoms with Crippen molar-refractivity contribution in [3.8, 4) is 0 Å². The number of benzene rings is 1. The van der Waals surface area contributed by atoms with Crippen LogP contribution < -0.4 is 0 Å². The molecule has 0 aromatic heterocycles. The second-order valence-electron chi connectivity index (χ2n) is 3.88. The molecular weight excluding hydrogens is 285 g/mol. The third kappa shape index (κ3) is 2.58. The van der Waals surface area contributed by atoms with Crippen molar-refractivity contribution in [2.45, 2.75) is 17.4 Å². The molecule has 4 nitrogen and oxygen atoms in total. The zero-order valence-corrected chi connectivity index (χ0v) is 11.1. The minimum absolute atomic E-state index is 0.0256. The second-order valence-corrected chi connectivity index (χ2v) is 6.63. The summed E-state index contributed by atoms with van der Waals surface area (Å²) in [6, 6.07) is 4.25. The molecule has 1 atom stereocenters. The van der Waals surface area contributed by atoms with E-state index in [1.54, 1.807) is 0 Å². The normalized spacial score (nSPS) is 21.9. The first kappa shape index (κ1) is 13.1. The minimum atomic E-state index is -3.64. The van der Waals surface area contributed by atoms with Crippen LogP contribution in [0.2, 0.25) is 10.0 Å². The van der Waals surface area contributed by atoms with Gasteiger partial charge in [-0.25, -0.2) is 8.42 Å². The first-order chi connectivity index (χ1) is 7.91. The van der Waals surface area contributed by atoms with Crippen molar-refractivity contribution in [1.82, 2.24) is 4.31 Å². The van der Waals surface area contributed by atoms with Crippen molar-refractivity contribution >= 4 is 33.2 Å². The van der Waals surface area contributed by atoms with Crippen molar-refractivity contribution in [3.63, 3.8) is 0 Å². The molecule has 0 saturated carbocycles. The molecule has 1 aliphatic heterocycles. The molecule has 1 aromatic rings. The summed E-state index contributed by atoms with van der Waals surface area (Å²) in [4.78, 5) is 0.0256. The predicted molar refractivity (Wildman–Crippen MR) is 65.8 cm³/mol. The SMILES string of the molecule is O=S(=O)(c1ccc(Cl)cc1Cl)N1CC[C@H](O)C1. The van der Waals surface area contributed by atoms with E-state index in [1.165, 1.54) is 22.5 Å². The van der Waals surface area contributed by atoms with E-state index in [9.17, 15) is 13.5 Å². The van der Waals surface area contributed by atoms with Crippen molar-refractivity contribution in [3.05, 3.63) is 28.2 Å². The van der Waals surface area contributed by atoms with E-state index in [-0.39, 0.29) is 16.5 Å². The fourth-order valence-corrected chi connectivity index (χ4v) is 3.99. The third-order valence-electron chi connectivity index (χ3n) is 2.64. The molecule has 2 rings (SSSR count). The highest BCUT2D eigenvalue weighted by molar-refractivity contribution is 7.89. The summed E-state index contributed by atoms with van der Waals surface area (Å²) >= 11 is 11.6. The summed E-state index contributed by atoms with van der Waals surface area (Å²) < 4.78 is 25.6. The van der Waals surface area contributed by atoms with Gasteiger partial charge in [0.1, 0.15) is 4.90 Å². The lowest BCUT2D eigenvalue weighted by Gasteiger charge is -2.16. The van der Waals surface area contributed by atoms with Gasteiger partial charge in [0.25, 0.3) is 0 Å². The molecule has 1 heterocycles. The van der Waals surface area contributed by atoms with Gasteiger partial charge in [0.05, 0.1) is 11.1 Å². The zero-order chi connectivity index (χ0) is 12.6. The first-order valence-corrected chi connectivity index (χ1v) is 7.24. The lowest BCUT2D eigenvalue weighted by atomic mass is 10.3. The van der Waals surface area contributed by atoms with Gasteiger partial charge in [0, 0.05) is 18.1 Å². The summed E-state index contributed by atoms with van der Waals surface area (Å²) in [6.07, 6.45) is -0.152. The number of sulfonamides is 1. The van der Waals surface area contributed by atoms with Crippen LogP contribution in [0, 0.1) is 0 Å². The van der Waals surface area contributed by atoms with Gasteiger partial charge in [-0.05, 0) is 24.6 Å². The van der Waals surface area contributed by atoms with E-state index >= 15 is 0 Å². The highest BCUT2D eigenvalue weighted by atomic mass is 35.5. The molecule has 7 heteroatoms. The van der Waals surface area contributed by atoms with E-state index in [0.29, 0.717) is 18.0 Å². The molecule has 1 fully saturated rings. The number of nitrogens with zero attached hydrogens (tertiary/aromatic N) is 1. The van der Waals surface area contributed by atoms with Gasteiger partial charge < -0.3 is 5.11 Å². The van der Waals surface area contributed by atoms with Crippen LogP contribution in [0.25, 0.3) is 0 Å². The Morgan fingerprint density at radius 1 is 1.35 bits per heavy atom. The topological polar surface area (TPSA) is 57.6 Å². The van der Waals surface area contributed by atoms with Gasteiger partial charge in [0.15, 0.2) is 0 Å². The zero-order valence-electron chi connectivity index (χ0n) is 8.81. The average molecular weight is 296 g/mol. The van der Waals surface area contributed by atoms with E-state index in [4.69, 9.17) is 23.2 Å². The molecule has 1 aliphatic rings. The molecule has 1 saturated heterocycles. The number of β-amino-alcohol motifs (C(OH)–C–C–N with tert-alkyl or cyclic N) is 1. The summed E-state index contributed by atoms with van der Waals surface area (Å²) in [5, 5.41) is 9.84. The molecule has 0 unspecified atom stereocenters. The fourth-order valence-electron chi connectivity index (χ4n) is 1.75. The van der Waals surface area contributed by atoms with Gasteiger partial charge in [-0.1, -0.05) is 23.2 Å².